The van der Waals surface area contributed by atoms with E-state index in [2.05, 4.69) is 4.74 Å². The van der Waals surface area contributed by atoms with Gasteiger partial charge in [0.1, 0.15) is 5.82 Å². The van der Waals surface area contributed by atoms with Gasteiger partial charge in [0.05, 0.1) is 13.5 Å². The normalized spacial score (nSPS) is 12.3. The lowest BCUT2D eigenvalue weighted by Crippen LogP contribution is -2.16. The van der Waals surface area contributed by atoms with Gasteiger partial charge in [-0.3, -0.25) is 4.79 Å². The van der Waals surface area contributed by atoms with Gasteiger partial charge in [-0.15, -0.1) is 0 Å². The molecule has 0 radical (unpaired) electrons. The van der Waals surface area contributed by atoms with Crippen molar-refractivity contribution in [3.63, 3.8) is 0 Å². The molecule has 0 aliphatic heterocycles. The highest BCUT2D eigenvalue weighted by Gasteiger charge is 2.13. The fourth-order valence-electron chi connectivity index (χ4n) is 1.17. The van der Waals surface area contributed by atoms with E-state index in [-0.39, 0.29) is 11.4 Å². The number of benzene rings is 1. The van der Waals surface area contributed by atoms with Crippen LogP contribution in [0.5, 0.6) is 0 Å². The average Bonchev–Trinajstić information content (AvgIpc) is 2.16. The van der Waals surface area contributed by atoms with Crippen molar-refractivity contribution in [1.29, 1.82) is 0 Å². The van der Waals surface area contributed by atoms with Crippen LogP contribution < -0.4 is 5.73 Å². The molecule has 2 N–H and O–H groups in total. The van der Waals surface area contributed by atoms with Gasteiger partial charge >= 0.3 is 5.97 Å². The molecule has 3 nitrogen and oxygen atoms in total. The number of rotatable bonds is 3. The Morgan fingerprint density at radius 1 is 1.60 bits per heavy atom. The Labute approximate surface area is 92.0 Å². The third kappa shape index (κ3) is 3.49. The molecule has 1 aromatic rings. The standard InChI is InChI=1S/C10H11ClFNO2/c1-15-10(14)5-9(13)6-2-7(11)4-8(12)3-6/h2-4,9H,5,13H2,1H3. The fraction of sp³-hybridized carbons (Fsp3) is 0.300. The Hall–Kier alpha value is -1.13. The number of methoxy groups -OCH3 is 1. The number of halogens is 2. The summed E-state index contributed by atoms with van der Waals surface area (Å²) in [6.45, 7) is 0. The molecule has 15 heavy (non-hydrogen) atoms. The van der Waals surface area contributed by atoms with Crippen LogP contribution in [0.15, 0.2) is 18.2 Å². The van der Waals surface area contributed by atoms with Crippen molar-refractivity contribution in [2.75, 3.05) is 7.11 Å². The first-order valence-electron chi connectivity index (χ1n) is 4.31. The van der Waals surface area contributed by atoms with E-state index in [9.17, 15) is 9.18 Å². The maximum atomic E-state index is 13.0. The zero-order valence-electron chi connectivity index (χ0n) is 8.17. The summed E-state index contributed by atoms with van der Waals surface area (Å²) in [6, 6.07) is 3.35. The first-order chi connectivity index (χ1) is 7.02. The lowest BCUT2D eigenvalue weighted by Gasteiger charge is -2.10. The summed E-state index contributed by atoms with van der Waals surface area (Å²) < 4.78 is 17.4. The smallest absolute Gasteiger partial charge is 0.307 e. The molecule has 1 atom stereocenters. The summed E-state index contributed by atoms with van der Waals surface area (Å²) in [4.78, 5) is 10.9. The maximum Gasteiger partial charge on any atom is 0.307 e. The van der Waals surface area contributed by atoms with Crippen molar-refractivity contribution in [2.24, 2.45) is 5.73 Å². The van der Waals surface area contributed by atoms with Crippen LogP contribution in [0.2, 0.25) is 5.02 Å². The minimum atomic E-state index is -0.606. The molecule has 0 amide bonds. The number of ether oxygens (including phenoxy) is 1. The molecule has 0 fully saturated rings. The highest BCUT2D eigenvalue weighted by molar-refractivity contribution is 6.30. The second-order valence-corrected chi connectivity index (χ2v) is 3.53. The van der Waals surface area contributed by atoms with Crippen molar-refractivity contribution >= 4 is 17.6 Å². The minimum absolute atomic E-state index is 0.00369. The van der Waals surface area contributed by atoms with Crippen LogP contribution in [0, 0.1) is 5.82 Å². The van der Waals surface area contributed by atoms with Crippen LogP contribution in [0.4, 0.5) is 4.39 Å². The third-order valence-corrected chi connectivity index (χ3v) is 2.15. The average molecular weight is 232 g/mol. The van der Waals surface area contributed by atoms with Crippen LogP contribution in [-0.4, -0.2) is 13.1 Å². The van der Waals surface area contributed by atoms with Crippen LogP contribution in [-0.2, 0) is 9.53 Å². The summed E-state index contributed by atoms with van der Waals surface area (Å²) in [5, 5.41) is 0.255. The molecule has 1 rings (SSSR count). The quantitative estimate of drug-likeness (QED) is 0.810. The molecule has 1 unspecified atom stereocenters. The van der Waals surface area contributed by atoms with Gasteiger partial charge in [0.25, 0.3) is 0 Å². The molecule has 0 heterocycles. The highest BCUT2D eigenvalue weighted by atomic mass is 35.5. The number of nitrogens with two attached hydrogens (primary N) is 1. The molecule has 0 bridgehead atoms. The Bertz CT molecular complexity index is 350. The van der Waals surface area contributed by atoms with Gasteiger partial charge in [-0.25, -0.2) is 4.39 Å². The van der Waals surface area contributed by atoms with Crippen molar-refractivity contribution in [3.8, 4) is 0 Å². The number of hydrogen-bond acceptors (Lipinski definition) is 3. The van der Waals surface area contributed by atoms with Gasteiger partial charge in [-0.05, 0) is 23.8 Å². The van der Waals surface area contributed by atoms with E-state index in [1.54, 1.807) is 0 Å². The summed E-state index contributed by atoms with van der Waals surface area (Å²) in [5.41, 5.74) is 6.16. The molecule has 0 aliphatic carbocycles. The van der Waals surface area contributed by atoms with E-state index in [1.165, 1.54) is 25.3 Å². The molecule has 0 aromatic heterocycles. The zero-order valence-corrected chi connectivity index (χ0v) is 8.92. The second-order valence-electron chi connectivity index (χ2n) is 3.09. The lowest BCUT2D eigenvalue weighted by atomic mass is 10.0. The monoisotopic (exact) mass is 231 g/mol. The van der Waals surface area contributed by atoms with Crippen molar-refractivity contribution in [2.45, 2.75) is 12.5 Å². The predicted octanol–water partition coefficient (Wildman–Crippen LogP) is 2.04. The summed E-state index contributed by atoms with van der Waals surface area (Å²) in [5.74, 6) is -0.916. The van der Waals surface area contributed by atoms with E-state index >= 15 is 0 Å². The topological polar surface area (TPSA) is 52.3 Å². The molecule has 0 saturated carbocycles. The Balaban J connectivity index is 2.81. The van der Waals surface area contributed by atoms with Gasteiger partial charge < -0.3 is 10.5 Å². The molecule has 0 aliphatic rings. The second kappa shape index (κ2) is 5.09. The van der Waals surface area contributed by atoms with Gasteiger partial charge in [0.2, 0.25) is 0 Å². The largest absolute Gasteiger partial charge is 0.469 e. The molecule has 0 spiro atoms. The first kappa shape index (κ1) is 11.9. The van der Waals surface area contributed by atoms with Crippen molar-refractivity contribution in [3.05, 3.63) is 34.6 Å². The number of hydrogen-bond donors (Lipinski definition) is 1. The number of carbonyl (C=O) groups is 1. The van der Waals surface area contributed by atoms with Crippen molar-refractivity contribution < 1.29 is 13.9 Å². The number of carbonyl (C=O) groups excluding carboxylic acids is 1. The molecule has 0 saturated heterocycles. The third-order valence-electron chi connectivity index (χ3n) is 1.93. The summed E-state index contributed by atoms with van der Waals surface area (Å²) in [7, 11) is 1.27. The Kier molecular flexibility index (Phi) is 4.05. The Morgan fingerprint density at radius 2 is 2.27 bits per heavy atom. The minimum Gasteiger partial charge on any atom is -0.469 e. The summed E-state index contributed by atoms with van der Waals surface area (Å²) >= 11 is 5.65. The SMILES string of the molecule is COC(=O)CC(N)c1cc(F)cc(Cl)c1. The molecule has 1 aromatic carbocycles. The highest BCUT2D eigenvalue weighted by Crippen LogP contribution is 2.20. The van der Waals surface area contributed by atoms with Crippen LogP contribution in [0.3, 0.4) is 0 Å². The van der Waals surface area contributed by atoms with Crippen LogP contribution in [0.25, 0.3) is 0 Å². The van der Waals surface area contributed by atoms with Gasteiger partial charge in [-0.2, -0.15) is 0 Å². The van der Waals surface area contributed by atoms with Gasteiger partial charge in [0, 0.05) is 11.1 Å². The van der Waals surface area contributed by atoms with E-state index in [0.29, 0.717) is 5.56 Å². The van der Waals surface area contributed by atoms with Crippen LogP contribution in [0.1, 0.15) is 18.0 Å². The van der Waals surface area contributed by atoms with E-state index in [1.807, 2.05) is 0 Å². The lowest BCUT2D eigenvalue weighted by molar-refractivity contribution is -0.141. The number of esters is 1. The van der Waals surface area contributed by atoms with E-state index in [0.717, 1.165) is 0 Å². The fourth-order valence-corrected chi connectivity index (χ4v) is 1.40. The summed E-state index contributed by atoms with van der Waals surface area (Å²) in [6.07, 6.45) is -0.00369. The maximum absolute atomic E-state index is 13.0. The van der Waals surface area contributed by atoms with E-state index < -0.39 is 17.8 Å². The van der Waals surface area contributed by atoms with Gasteiger partial charge in [0.15, 0.2) is 0 Å². The van der Waals surface area contributed by atoms with Crippen molar-refractivity contribution in [1.82, 2.24) is 0 Å². The first-order valence-corrected chi connectivity index (χ1v) is 4.69. The molecular formula is C10H11ClFNO2. The molecule has 5 heteroatoms. The van der Waals surface area contributed by atoms with Crippen LogP contribution >= 0.6 is 11.6 Å². The predicted molar refractivity (Wildman–Crippen MR) is 55.0 cm³/mol. The Morgan fingerprint density at radius 3 is 2.80 bits per heavy atom. The van der Waals surface area contributed by atoms with Gasteiger partial charge in [-0.1, -0.05) is 11.6 Å². The zero-order chi connectivity index (χ0) is 11.4. The molecular weight excluding hydrogens is 221 g/mol. The van der Waals surface area contributed by atoms with E-state index in [4.69, 9.17) is 17.3 Å². The molecule has 82 valence electrons.